The van der Waals surface area contributed by atoms with Gasteiger partial charge in [-0.1, -0.05) is 6.07 Å². The van der Waals surface area contributed by atoms with Gasteiger partial charge in [0.05, 0.1) is 11.3 Å². The molecule has 1 N–H and O–H groups in total. The SMILES string of the molecule is O=C(O)CCN1C(=O)S/C(=C\c2ccc3c(c2)OCO3)C1=O. The van der Waals surface area contributed by atoms with Gasteiger partial charge < -0.3 is 14.6 Å². The van der Waals surface area contributed by atoms with Crippen molar-refractivity contribution in [1.29, 1.82) is 0 Å². The van der Waals surface area contributed by atoms with Crippen LogP contribution >= 0.6 is 11.8 Å². The molecule has 0 spiro atoms. The molecule has 1 fully saturated rings. The van der Waals surface area contributed by atoms with Gasteiger partial charge in [0.25, 0.3) is 11.1 Å². The zero-order valence-corrected chi connectivity index (χ0v) is 12.1. The monoisotopic (exact) mass is 321 g/mol. The maximum absolute atomic E-state index is 12.1. The summed E-state index contributed by atoms with van der Waals surface area (Å²) in [7, 11) is 0. The Morgan fingerprint density at radius 1 is 1.32 bits per heavy atom. The number of imide groups is 1. The van der Waals surface area contributed by atoms with Gasteiger partial charge in [0.2, 0.25) is 6.79 Å². The van der Waals surface area contributed by atoms with E-state index in [1.54, 1.807) is 24.3 Å². The molecule has 3 rings (SSSR count). The molecule has 22 heavy (non-hydrogen) atoms. The number of aliphatic carboxylic acids is 1. The van der Waals surface area contributed by atoms with Gasteiger partial charge in [-0.05, 0) is 35.5 Å². The number of hydrogen-bond donors (Lipinski definition) is 1. The summed E-state index contributed by atoms with van der Waals surface area (Å²) < 4.78 is 10.5. The number of rotatable bonds is 4. The predicted molar refractivity (Wildman–Crippen MR) is 77.5 cm³/mol. The van der Waals surface area contributed by atoms with Gasteiger partial charge >= 0.3 is 5.97 Å². The van der Waals surface area contributed by atoms with E-state index < -0.39 is 17.1 Å². The van der Waals surface area contributed by atoms with Crippen molar-refractivity contribution >= 4 is 35.0 Å². The molecule has 2 heterocycles. The van der Waals surface area contributed by atoms with E-state index in [0.29, 0.717) is 17.1 Å². The molecule has 7 nitrogen and oxygen atoms in total. The van der Waals surface area contributed by atoms with Gasteiger partial charge in [-0.2, -0.15) is 0 Å². The van der Waals surface area contributed by atoms with Crippen molar-refractivity contribution in [3.8, 4) is 11.5 Å². The molecule has 2 aliphatic rings. The van der Waals surface area contributed by atoms with Crippen LogP contribution in [0.1, 0.15) is 12.0 Å². The van der Waals surface area contributed by atoms with Gasteiger partial charge in [-0.3, -0.25) is 19.3 Å². The van der Waals surface area contributed by atoms with Crippen molar-refractivity contribution in [2.45, 2.75) is 6.42 Å². The number of benzene rings is 1. The number of thioether (sulfide) groups is 1. The van der Waals surface area contributed by atoms with Crippen LogP contribution < -0.4 is 9.47 Å². The van der Waals surface area contributed by atoms with Crippen molar-refractivity contribution in [2.75, 3.05) is 13.3 Å². The number of carboxylic acids is 1. The number of ether oxygens (including phenoxy) is 2. The van der Waals surface area contributed by atoms with Gasteiger partial charge in [0, 0.05) is 6.54 Å². The lowest BCUT2D eigenvalue weighted by molar-refractivity contribution is -0.137. The number of amides is 2. The highest BCUT2D eigenvalue weighted by molar-refractivity contribution is 8.18. The summed E-state index contributed by atoms with van der Waals surface area (Å²) in [4.78, 5) is 35.7. The number of nitrogens with zero attached hydrogens (tertiary/aromatic N) is 1. The van der Waals surface area contributed by atoms with Gasteiger partial charge in [-0.15, -0.1) is 0 Å². The highest BCUT2D eigenvalue weighted by atomic mass is 32.2. The standard InChI is InChI=1S/C14H11NO6S/c16-12(17)3-4-15-13(18)11(22-14(15)19)6-8-1-2-9-10(5-8)21-7-20-9/h1-2,5-6H,3-4,7H2,(H,16,17)/b11-6-. The Morgan fingerprint density at radius 2 is 2.09 bits per heavy atom. The molecular weight excluding hydrogens is 310 g/mol. The van der Waals surface area contributed by atoms with Crippen LogP contribution in [0.2, 0.25) is 0 Å². The second-order valence-corrected chi connectivity index (χ2v) is 5.58. The van der Waals surface area contributed by atoms with Crippen LogP contribution in [0, 0.1) is 0 Å². The molecule has 0 aromatic heterocycles. The Balaban J connectivity index is 1.79. The van der Waals surface area contributed by atoms with Crippen molar-refractivity contribution in [3.05, 3.63) is 28.7 Å². The Morgan fingerprint density at radius 3 is 2.86 bits per heavy atom. The minimum absolute atomic E-state index is 0.127. The molecule has 0 atom stereocenters. The normalized spacial score (nSPS) is 18.4. The van der Waals surface area contributed by atoms with E-state index in [1.807, 2.05) is 0 Å². The molecule has 1 saturated heterocycles. The van der Waals surface area contributed by atoms with Crippen molar-refractivity contribution in [3.63, 3.8) is 0 Å². The highest BCUT2D eigenvalue weighted by Crippen LogP contribution is 2.36. The lowest BCUT2D eigenvalue weighted by Crippen LogP contribution is -2.30. The number of fused-ring (bicyclic) bond motifs is 1. The lowest BCUT2D eigenvalue weighted by Gasteiger charge is -2.09. The Hall–Kier alpha value is -2.48. The summed E-state index contributed by atoms with van der Waals surface area (Å²) in [5, 5.41) is 8.18. The van der Waals surface area contributed by atoms with E-state index in [0.717, 1.165) is 16.7 Å². The Bertz CT molecular complexity index is 699. The molecule has 0 aliphatic carbocycles. The quantitative estimate of drug-likeness (QED) is 0.847. The van der Waals surface area contributed by atoms with E-state index in [9.17, 15) is 14.4 Å². The van der Waals surface area contributed by atoms with Crippen LogP contribution in [0.3, 0.4) is 0 Å². The number of carbonyl (C=O) groups is 3. The summed E-state index contributed by atoms with van der Waals surface area (Å²) in [6, 6.07) is 5.19. The Kier molecular flexibility index (Phi) is 3.76. The van der Waals surface area contributed by atoms with Crippen LogP contribution in [0.5, 0.6) is 11.5 Å². The summed E-state index contributed by atoms with van der Waals surface area (Å²) in [6.45, 7) is 0.0307. The molecule has 114 valence electrons. The third-order valence-electron chi connectivity index (χ3n) is 3.12. The first-order valence-electron chi connectivity index (χ1n) is 6.41. The van der Waals surface area contributed by atoms with E-state index in [-0.39, 0.29) is 24.7 Å². The van der Waals surface area contributed by atoms with Crippen LogP contribution in [-0.4, -0.2) is 40.5 Å². The van der Waals surface area contributed by atoms with Gasteiger partial charge in [-0.25, -0.2) is 0 Å². The predicted octanol–water partition coefficient (Wildman–Crippen LogP) is 1.93. The summed E-state index contributed by atoms with van der Waals surface area (Å²) in [5.41, 5.74) is 0.702. The van der Waals surface area contributed by atoms with E-state index in [2.05, 4.69) is 0 Å². The van der Waals surface area contributed by atoms with Gasteiger partial charge in [0.15, 0.2) is 11.5 Å². The third-order valence-corrected chi connectivity index (χ3v) is 4.02. The topological polar surface area (TPSA) is 93.1 Å². The molecule has 1 aromatic carbocycles. The molecule has 0 unspecified atom stereocenters. The fraction of sp³-hybridized carbons (Fsp3) is 0.214. The summed E-state index contributed by atoms with van der Waals surface area (Å²) in [6.07, 6.45) is 1.31. The average Bonchev–Trinajstić information content (AvgIpc) is 3.02. The maximum atomic E-state index is 12.1. The maximum Gasteiger partial charge on any atom is 0.305 e. The Labute approximate surface area is 129 Å². The number of carboxylic acid groups (broad SMARTS) is 1. The molecular formula is C14H11NO6S. The highest BCUT2D eigenvalue weighted by Gasteiger charge is 2.35. The molecule has 0 saturated carbocycles. The van der Waals surface area contributed by atoms with Crippen molar-refractivity contribution in [2.24, 2.45) is 0 Å². The number of hydrogen-bond acceptors (Lipinski definition) is 6. The first-order valence-corrected chi connectivity index (χ1v) is 7.23. The molecule has 8 heteroatoms. The first-order chi connectivity index (χ1) is 10.5. The molecule has 1 aromatic rings. The molecule has 0 radical (unpaired) electrons. The van der Waals surface area contributed by atoms with E-state index >= 15 is 0 Å². The van der Waals surface area contributed by atoms with Crippen LogP contribution in [0.15, 0.2) is 23.1 Å². The fourth-order valence-electron chi connectivity index (χ4n) is 2.05. The van der Waals surface area contributed by atoms with Crippen molar-refractivity contribution < 1.29 is 29.0 Å². The minimum atomic E-state index is -1.06. The van der Waals surface area contributed by atoms with E-state index in [4.69, 9.17) is 14.6 Å². The first kappa shape index (κ1) is 14.5. The number of carbonyl (C=O) groups excluding carboxylic acids is 2. The molecule has 0 bridgehead atoms. The molecule has 2 aliphatic heterocycles. The smallest absolute Gasteiger partial charge is 0.305 e. The fourth-order valence-corrected chi connectivity index (χ4v) is 2.92. The van der Waals surface area contributed by atoms with Gasteiger partial charge in [0.1, 0.15) is 0 Å². The third kappa shape index (κ3) is 2.77. The van der Waals surface area contributed by atoms with Crippen LogP contribution in [-0.2, 0) is 9.59 Å². The zero-order chi connectivity index (χ0) is 15.7. The van der Waals surface area contributed by atoms with Crippen LogP contribution in [0.4, 0.5) is 4.79 Å². The second kappa shape index (κ2) is 5.72. The van der Waals surface area contributed by atoms with Crippen molar-refractivity contribution in [1.82, 2.24) is 4.90 Å². The summed E-state index contributed by atoms with van der Waals surface area (Å²) in [5.74, 6) is -0.321. The largest absolute Gasteiger partial charge is 0.481 e. The zero-order valence-electron chi connectivity index (χ0n) is 11.3. The average molecular weight is 321 g/mol. The summed E-state index contributed by atoms with van der Waals surface area (Å²) >= 11 is 0.795. The van der Waals surface area contributed by atoms with E-state index in [1.165, 1.54) is 0 Å². The molecule has 2 amide bonds. The van der Waals surface area contributed by atoms with Crippen LogP contribution in [0.25, 0.3) is 6.08 Å². The minimum Gasteiger partial charge on any atom is -0.481 e. The second-order valence-electron chi connectivity index (χ2n) is 4.59. The lowest BCUT2D eigenvalue weighted by atomic mass is 10.2.